The molecule has 0 aliphatic carbocycles. The van der Waals surface area contributed by atoms with Crippen molar-refractivity contribution in [3.63, 3.8) is 0 Å². The van der Waals surface area contributed by atoms with E-state index in [9.17, 15) is 22.8 Å². The van der Waals surface area contributed by atoms with Crippen LogP contribution >= 0.6 is 0 Å². The second-order valence-electron chi connectivity index (χ2n) is 8.80. The molecule has 0 bridgehead atoms. The quantitative estimate of drug-likeness (QED) is 0.445. The molecule has 192 valence electrons. The number of hydrogen-bond acceptors (Lipinski definition) is 7. The Morgan fingerprint density at radius 3 is 2.14 bits per heavy atom. The molecule has 4 rings (SSSR count). The number of hydrogen-bond donors (Lipinski definition) is 0. The van der Waals surface area contributed by atoms with E-state index in [4.69, 9.17) is 9.47 Å². The zero-order valence-corrected chi connectivity index (χ0v) is 21.7. The molecule has 9 heteroatoms. The molecule has 0 N–H and O–H groups in total. The Bertz CT molecular complexity index is 1460. The highest BCUT2D eigenvalue weighted by Crippen LogP contribution is 2.46. The van der Waals surface area contributed by atoms with Gasteiger partial charge in [0.25, 0.3) is 15.9 Å². The van der Waals surface area contributed by atoms with Gasteiger partial charge in [-0.15, -0.1) is 0 Å². The van der Waals surface area contributed by atoms with Crippen molar-refractivity contribution >= 4 is 27.9 Å². The maximum atomic E-state index is 14.0. The van der Waals surface area contributed by atoms with E-state index >= 15 is 0 Å². The fourth-order valence-electron chi connectivity index (χ4n) is 4.51. The van der Waals surface area contributed by atoms with Gasteiger partial charge in [-0.1, -0.05) is 47.5 Å². The van der Waals surface area contributed by atoms with E-state index < -0.39 is 39.8 Å². The molecule has 1 aliphatic rings. The van der Waals surface area contributed by atoms with E-state index in [1.807, 2.05) is 6.92 Å². The molecule has 0 spiro atoms. The lowest BCUT2D eigenvalue weighted by Crippen LogP contribution is -2.48. The van der Waals surface area contributed by atoms with Crippen LogP contribution in [0.15, 0.2) is 71.6 Å². The molecule has 0 aromatic heterocycles. The van der Waals surface area contributed by atoms with Crippen LogP contribution in [0, 0.1) is 13.8 Å². The molecular weight excluding hydrogens is 494 g/mol. The minimum Gasteiger partial charge on any atom is -0.465 e. The Hall–Kier alpha value is -3.98. The van der Waals surface area contributed by atoms with Crippen molar-refractivity contribution in [1.29, 1.82) is 0 Å². The average molecular weight is 522 g/mol. The fourth-order valence-corrected chi connectivity index (χ4v) is 6.08. The summed E-state index contributed by atoms with van der Waals surface area (Å²) in [7, 11) is -3.16. The topological polar surface area (TPSA) is 107 Å². The summed E-state index contributed by atoms with van der Waals surface area (Å²) in [5.41, 5.74) is 2.68. The summed E-state index contributed by atoms with van der Waals surface area (Å²) in [5.74, 6) is -3.11. The smallest absolute Gasteiger partial charge is 0.337 e. The highest BCUT2D eigenvalue weighted by Gasteiger charge is 2.50. The van der Waals surface area contributed by atoms with E-state index in [1.165, 1.54) is 43.5 Å². The Morgan fingerprint density at radius 2 is 1.54 bits per heavy atom. The minimum atomic E-state index is -4.41. The minimum absolute atomic E-state index is 0.0726. The normalized spacial score (nSPS) is 17.2. The number of carbonyl (C=O) groups excluding carboxylic acids is 3. The van der Waals surface area contributed by atoms with Gasteiger partial charge in [-0.2, -0.15) is 0 Å². The van der Waals surface area contributed by atoms with Crippen molar-refractivity contribution in [2.45, 2.75) is 37.6 Å². The average Bonchev–Trinajstić information content (AvgIpc) is 2.88. The molecule has 1 amide bonds. The third kappa shape index (κ3) is 4.74. The maximum Gasteiger partial charge on any atom is 0.337 e. The molecule has 0 saturated heterocycles. The number of fused-ring (bicyclic) bond motifs is 1. The van der Waals surface area contributed by atoms with E-state index in [0.29, 0.717) is 11.1 Å². The van der Waals surface area contributed by atoms with Gasteiger partial charge in [-0.05, 0) is 62.2 Å². The van der Waals surface area contributed by atoms with Gasteiger partial charge in [0.2, 0.25) is 0 Å². The Labute approximate surface area is 215 Å². The lowest BCUT2D eigenvalue weighted by atomic mass is 9.80. The van der Waals surface area contributed by atoms with Gasteiger partial charge in [0.1, 0.15) is 5.92 Å². The van der Waals surface area contributed by atoms with Crippen molar-refractivity contribution in [2.24, 2.45) is 0 Å². The van der Waals surface area contributed by atoms with Crippen molar-refractivity contribution in [3.8, 4) is 0 Å². The first kappa shape index (κ1) is 26.1. The van der Waals surface area contributed by atoms with Crippen molar-refractivity contribution in [2.75, 3.05) is 13.7 Å². The predicted octanol–water partition coefficient (Wildman–Crippen LogP) is 4.32. The number of benzene rings is 3. The Kier molecular flexibility index (Phi) is 7.18. The van der Waals surface area contributed by atoms with Gasteiger partial charge in [-0.3, -0.25) is 9.59 Å². The van der Waals surface area contributed by atoms with Crippen LogP contribution in [0.2, 0.25) is 0 Å². The van der Waals surface area contributed by atoms with E-state index in [2.05, 4.69) is 0 Å². The highest BCUT2D eigenvalue weighted by atomic mass is 32.2. The number of sulfonamides is 1. The summed E-state index contributed by atoms with van der Waals surface area (Å²) in [4.78, 5) is 39.2. The summed E-state index contributed by atoms with van der Waals surface area (Å²) < 4.78 is 38.9. The van der Waals surface area contributed by atoms with Gasteiger partial charge in [0, 0.05) is 5.56 Å². The summed E-state index contributed by atoms with van der Waals surface area (Å²) in [6.45, 7) is 5.33. The largest absolute Gasteiger partial charge is 0.465 e. The lowest BCUT2D eigenvalue weighted by Gasteiger charge is -2.40. The Morgan fingerprint density at radius 1 is 0.919 bits per heavy atom. The molecule has 8 nitrogen and oxygen atoms in total. The van der Waals surface area contributed by atoms with Crippen LogP contribution < -0.4 is 0 Å². The first-order valence-corrected chi connectivity index (χ1v) is 13.1. The van der Waals surface area contributed by atoms with Gasteiger partial charge >= 0.3 is 11.9 Å². The van der Waals surface area contributed by atoms with Crippen LogP contribution in [0.3, 0.4) is 0 Å². The number of methoxy groups -OCH3 is 1. The monoisotopic (exact) mass is 521 g/mol. The number of rotatable bonds is 6. The molecule has 0 radical (unpaired) electrons. The molecule has 3 aromatic carbocycles. The van der Waals surface area contributed by atoms with E-state index in [-0.39, 0.29) is 22.6 Å². The predicted molar refractivity (Wildman–Crippen MR) is 136 cm³/mol. The van der Waals surface area contributed by atoms with Gasteiger partial charge in [-0.25, -0.2) is 17.5 Å². The number of aryl methyl sites for hydroxylation is 2. The maximum absolute atomic E-state index is 14.0. The molecule has 37 heavy (non-hydrogen) atoms. The zero-order valence-electron chi connectivity index (χ0n) is 20.9. The van der Waals surface area contributed by atoms with Crippen LogP contribution in [-0.4, -0.2) is 44.3 Å². The van der Waals surface area contributed by atoms with Crippen molar-refractivity contribution < 1.29 is 32.3 Å². The number of amides is 1. The SMILES string of the molecule is CCOC(=O)C1c2ccc(C)cc2C(=O)N(S(=O)(=O)c2ccc(C)cc2)C1c1ccc(C(=O)OC)cc1. The van der Waals surface area contributed by atoms with Crippen molar-refractivity contribution in [3.05, 3.63) is 100 Å². The van der Waals surface area contributed by atoms with Crippen LogP contribution in [0.25, 0.3) is 0 Å². The molecule has 3 aromatic rings. The van der Waals surface area contributed by atoms with Crippen LogP contribution in [-0.2, 0) is 24.3 Å². The molecule has 1 aliphatic heterocycles. The summed E-state index contributed by atoms with van der Waals surface area (Å²) in [6.07, 6.45) is 0. The van der Waals surface area contributed by atoms with Crippen LogP contribution in [0.5, 0.6) is 0 Å². The summed E-state index contributed by atoms with van der Waals surface area (Å²) in [5, 5.41) is 0. The fraction of sp³-hybridized carbons (Fsp3) is 0.250. The third-order valence-electron chi connectivity index (χ3n) is 6.33. The van der Waals surface area contributed by atoms with Crippen LogP contribution in [0.4, 0.5) is 0 Å². The van der Waals surface area contributed by atoms with Gasteiger partial charge < -0.3 is 9.47 Å². The lowest BCUT2D eigenvalue weighted by molar-refractivity contribution is -0.146. The van der Waals surface area contributed by atoms with E-state index in [1.54, 1.807) is 44.2 Å². The van der Waals surface area contributed by atoms with E-state index in [0.717, 1.165) is 15.4 Å². The molecule has 0 saturated carbocycles. The first-order chi connectivity index (χ1) is 17.6. The molecular formula is C28H27NO7S. The van der Waals surface area contributed by atoms with Crippen molar-refractivity contribution in [1.82, 2.24) is 4.31 Å². The molecule has 1 heterocycles. The number of ether oxygens (including phenoxy) is 2. The van der Waals surface area contributed by atoms with Gasteiger partial charge in [0.15, 0.2) is 0 Å². The summed E-state index contributed by atoms with van der Waals surface area (Å²) >= 11 is 0. The highest BCUT2D eigenvalue weighted by molar-refractivity contribution is 7.89. The number of esters is 2. The van der Waals surface area contributed by atoms with Crippen LogP contribution in [0.1, 0.15) is 61.9 Å². The molecule has 2 unspecified atom stereocenters. The second-order valence-corrected chi connectivity index (χ2v) is 10.6. The second kappa shape index (κ2) is 10.2. The number of nitrogens with zero attached hydrogens (tertiary/aromatic N) is 1. The zero-order chi connectivity index (χ0) is 26.9. The standard InChI is InChI=1S/C28H27NO7S/c1-5-36-28(32)24-22-15-8-18(3)16-23(22)26(30)29(37(33,34)21-13-6-17(2)7-14-21)25(24)19-9-11-20(12-10-19)27(31)35-4/h6-16,24-25H,5H2,1-4H3. The molecule has 0 fully saturated rings. The Balaban J connectivity index is 1.99. The molecule has 2 atom stereocenters. The summed E-state index contributed by atoms with van der Waals surface area (Å²) in [6, 6.07) is 15.9. The first-order valence-electron chi connectivity index (χ1n) is 11.7. The number of carbonyl (C=O) groups is 3. The third-order valence-corrected chi connectivity index (χ3v) is 8.11. The van der Waals surface area contributed by atoms with Gasteiger partial charge in [0.05, 0.1) is 30.2 Å².